The van der Waals surface area contributed by atoms with Crippen molar-refractivity contribution in [3.05, 3.63) is 24.2 Å². The van der Waals surface area contributed by atoms with E-state index in [0.29, 0.717) is 0 Å². The summed E-state index contributed by atoms with van der Waals surface area (Å²) in [6, 6.07) is 3.18. The number of nitrogens with zero attached hydrogens (tertiary/aromatic N) is 1. The second-order valence-electron chi connectivity index (χ2n) is 4.13. The summed E-state index contributed by atoms with van der Waals surface area (Å²) in [5.74, 6) is -0.131. The first-order valence-corrected chi connectivity index (χ1v) is 5.10. The fourth-order valence-corrected chi connectivity index (χ4v) is 1.40. The van der Waals surface area contributed by atoms with Gasteiger partial charge in [-0.1, -0.05) is 0 Å². The van der Waals surface area contributed by atoms with Gasteiger partial charge in [0.25, 0.3) is 5.91 Å². The average Bonchev–Trinajstić information content (AvgIpc) is 2.78. The van der Waals surface area contributed by atoms with Crippen LogP contribution < -0.4 is 0 Å². The highest BCUT2D eigenvalue weighted by Crippen LogP contribution is 2.17. The summed E-state index contributed by atoms with van der Waals surface area (Å²) in [7, 11) is 0. The highest BCUT2D eigenvalue weighted by Gasteiger charge is 2.31. The van der Waals surface area contributed by atoms with E-state index in [-0.39, 0.29) is 31.4 Å². The standard InChI is InChI=1S/C11H17NO4/c1-11(2,8-14)12(5-6-13)10(15)9-4-3-7-16-9/h3-4,7,13-14H,5-6,8H2,1-2H3. The van der Waals surface area contributed by atoms with E-state index in [4.69, 9.17) is 9.52 Å². The highest BCUT2D eigenvalue weighted by molar-refractivity contribution is 5.92. The minimum Gasteiger partial charge on any atom is -0.459 e. The van der Waals surface area contributed by atoms with Crippen LogP contribution in [0.1, 0.15) is 24.4 Å². The van der Waals surface area contributed by atoms with Gasteiger partial charge in [-0.05, 0) is 26.0 Å². The van der Waals surface area contributed by atoms with Crippen molar-refractivity contribution in [2.24, 2.45) is 0 Å². The maximum Gasteiger partial charge on any atom is 0.290 e. The lowest BCUT2D eigenvalue weighted by Crippen LogP contribution is -2.51. The third kappa shape index (κ3) is 2.62. The number of aliphatic hydroxyl groups is 2. The van der Waals surface area contributed by atoms with Gasteiger partial charge in [0, 0.05) is 6.54 Å². The maximum absolute atomic E-state index is 12.0. The largest absolute Gasteiger partial charge is 0.459 e. The lowest BCUT2D eigenvalue weighted by Gasteiger charge is -2.36. The second kappa shape index (κ2) is 5.14. The molecule has 1 amide bonds. The zero-order valence-electron chi connectivity index (χ0n) is 9.51. The number of β-amino-alcohol motifs (C(OH)–C–C–N with tert-alkyl or cyclic N) is 1. The van der Waals surface area contributed by atoms with Gasteiger partial charge in [0.1, 0.15) is 0 Å². The minimum atomic E-state index is -0.730. The van der Waals surface area contributed by atoms with Crippen molar-refractivity contribution in [2.45, 2.75) is 19.4 Å². The van der Waals surface area contributed by atoms with E-state index < -0.39 is 5.54 Å². The highest BCUT2D eigenvalue weighted by atomic mass is 16.3. The van der Waals surface area contributed by atoms with Crippen LogP contribution in [-0.4, -0.2) is 46.3 Å². The predicted octanol–water partition coefficient (Wildman–Crippen LogP) is 0.485. The molecule has 90 valence electrons. The Hall–Kier alpha value is -1.33. The van der Waals surface area contributed by atoms with Crippen molar-refractivity contribution >= 4 is 5.91 Å². The smallest absolute Gasteiger partial charge is 0.290 e. The minimum absolute atomic E-state index is 0.157. The van der Waals surface area contributed by atoms with E-state index in [1.807, 2.05) is 0 Å². The first kappa shape index (κ1) is 12.7. The molecule has 2 N–H and O–H groups in total. The summed E-state index contributed by atoms with van der Waals surface area (Å²) >= 11 is 0. The molecule has 1 heterocycles. The average molecular weight is 227 g/mol. The fourth-order valence-electron chi connectivity index (χ4n) is 1.40. The molecule has 0 radical (unpaired) electrons. The van der Waals surface area contributed by atoms with Gasteiger partial charge in [0.05, 0.1) is 25.0 Å². The van der Waals surface area contributed by atoms with Crippen molar-refractivity contribution in [3.8, 4) is 0 Å². The lowest BCUT2D eigenvalue weighted by molar-refractivity contribution is 0.0281. The van der Waals surface area contributed by atoms with Crippen LogP contribution in [0, 0.1) is 0 Å². The van der Waals surface area contributed by atoms with Crippen LogP contribution in [0.4, 0.5) is 0 Å². The van der Waals surface area contributed by atoms with Crippen molar-refractivity contribution in [1.82, 2.24) is 4.90 Å². The number of furan rings is 1. The van der Waals surface area contributed by atoms with Crippen LogP contribution in [-0.2, 0) is 0 Å². The van der Waals surface area contributed by atoms with Crippen LogP contribution in [0.15, 0.2) is 22.8 Å². The molecule has 0 atom stereocenters. The molecule has 0 unspecified atom stereocenters. The van der Waals surface area contributed by atoms with E-state index in [1.165, 1.54) is 11.2 Å². The Morgan fingerprint density at radius 2 is 2.19 bits per heavy atom. The van der Waals surface area contributed by atoms with Gasteiger partial charge in [-0.25, -0.2) is 0 Å². The summed E-state index contributed by atoms with van der Waals surface area (Å²) in [6.07, 6.45) is 1.41. The van der Waals surface area contributed by atoms with Gasteiger partial charge >= 0.3 is 0 Å². The van der Waals surface area contributed by atoms with Crippen molar-refractivity contribution in [1.29, 1.82) is 0 Å². The molecule has 0 bridgehead atoms. The third-order valence-electron chi connectivity index (χ3n) is 2.42. The quantitative estimate of drug-likeness (QED) is 0.767. The van der Waals surface area contributed by atoms with E-state index in [9.17, 15) is 9.90 Å². The lowest BCUT2D eigenvalue weighted by atomic mass is 10.0. The summed E-state index contributed by atoms with van der Waals surface area (Å²) in [6.45, 7) is 3.27. The topological polar surface area (TPSA) is 73.9 Å². The van der Waals surface area contributed by atoms with E-state index in [1.54, 1.807) is 26.0 Å². The number of aliphatic hydroxyl groups excluding tert-OH is 2. The Morgan fingerprint density at radius 3 is 2.62 bits per heavy atom. The summed E-state index contributed by atoms with van der Waals surface area (Å²) < 4.78 is 5.01. The number of amides is 1. The number of carbonyl (C=O) groups is 1. The molecule has 5 heteroatoms. The molecular formula is C11H17NO4. The number of carbonyl (C=O) groups excluding carboxylic acids is 1. The van der Waals surface area contributed by atoms with Crippen LogP contribution in [0.2, 0.25) is 0 Å². The number of hydrogen-bond acceptors (Lipinski definition) is 4. The SMILES string of the molecule is CC(C)(CO)N(CCO)C(=O)c1ccco1. The van der Waals surface area contributed by atoms with Crippen molar-refractivity contribution in [2.75, 3.05) is 19.8 Å². The van der Waals surface area contributed by atoms with Gasteiger partial charge < -0.3 is 19.5 Å². The molecule has 0 saturated carbocycles. The molecule has 5 nitrogen and oxygen atoms in total. The molecule has 1 rings (SSSR count). The van der Waals surface area contributed by atoms with Crippen molar-refractivity contribution < 1.29 is 19.4 Å². The predicted molar refractivity (Wildman–Crippen MR) is 58.0 cm³/mol. The van der Waals surface area contributed by atoms with E-state index in [0.717, 1.165) is 0 Å². The Kier molecular flexibility index (Phi) is 4.09. The zero-order chi connectivity index (χ0) is 12.2. The fraction of sp³-hybridized carbons (Fsp3) is 0.545. The van der Waals surface area contributed by atoms with Gasteiger partial charge in [0.2, 0.25) is 0 Å². The molecule has 0 saturated heterocycles. The first-order valence-electron chi connectivity index (χ1n) is 5.10. The molecular weight excluding hydrogens is 210 g/mol. The monoisotopic (exact) mass is 227 g/mol. The van der Waals surface area contributed by atoms with Gasteiger partial charge in [-0.3, -0.25) is 4.79 Å². The van der Waals surface area contributed by atoms with Crippen LogP contribution in [0.5, 0.6) is 0 Å². The Bertz CT molecular complexity index is 332. The molecule has 0 spiro atoms. The normalized spacial score (nSPS) is 11.5. The summed E-state index contributed by atoms with van der Waals surface area (Å²) in [4.78, 5) is 13.4. The molecule has 0 aliphatic rings. The van der Waals surface area contributed by atoms with Crippen LogP contribution >= 0.6 is 0 Å². The Morgan fingerprint density at radius 1 is 1.50 bits per heavy atom. The summed E-state index contributed by atoms with van der Waals surface area (Å²) in [5.41, 5.74) is -0.730. The van der Waals surface area contributed by atoms with Gasteiger partial charge in [0.15, 0.2) is 5.76 Å². The van der Waals surface area contributed by atoms with E-state index in [2.05, 4.69) is 0 Å². The van der Waals surface area contributed by atoms with Gasteiger partial charge in [-0.2, -0.15) is 0 Å². The molecule has 16 heavy (non-hydrogen) atoms. The number of hydrogen-bond donors (Lipinski definition) is 2. The molecule has 0 aliphatic heterocycles. The Balaban J connectivity index is 2.90. The maximum atomic E-state index is 12.0. The molecule has 0 aromatic carbocycles. The number of rotatable bonds is 5. The second-order valence-corrected chi connectivity index (χ2v) is 4.13. The molecule has 1 aromatic heterocycles. The van der Waals surface area contributed by atoms with Gasteiger partial charge in [-0.15, -0.1) is 0 Å². The van der Waals surface area contributed by atoms with E-state index >= 15 is 0 Å². The Labute approximate surface area is 94.3 Å². The van der Waals surface area contributed by atoms with Crippen molar-refractivity contribution in [3.63, 3.8) is 0 Å². The van der Waals surface area contributed by atoms with Crippen LogP contribution in [0.3, 0.4) is 0 Å². The third-order valence-corrected chi connectivity index (χ3v) is 2.42. The molecule has 0 aliphatic carbocycles. The zero-order valence-corrected chi connectivity index (χ0v) is 9.51. The van der Waals surface area contributed by atoms with Crippen LogP contribution in [0.25, 0.3) is 0 Å². The summed E-state index contributed by atoms with van der Waals surface area (Å²) in [5, 5.41) is 18.2. The first-order chi connectivity index (χ1) is 7.53. The molecule has 0 fully saturated rings. The molecule has 1 aromatic rings.